The molecular formula is C5H8BN. The Labute approximate surface area is 44.2 Å². The summed E-state index contributed by atoms with van der Waals surface area (Å²) < 4.78 is 2.12. The predicted molar refractivity (Wildman–Crippen MR) is 31.5 cm³/mol. The molecule has 0 bridgehead atoms. The molecule has 1 aromatic heterocycles. The van der Waals surface area contributed by atoms with E-state index < -0.39 is 0 Å². The van der Waals surface area contributed by atoms with Crippen LogP contribution < -0.4 is 0 Å². The molecule has 0 unspecified atom stereocenters. The van der Waals surface area contributed by atoms with E-state index in [2.05, 4.69) is 24.6 Å². The van der Waals surface area contributed by atoms with Gasteiger partial charge in [0.05, 0.1) is 0 Å². The summed E-state index contributed by atoms with van der Waals surface area (Å²) in [5, 5.41) is 0. The Balaban J connectivity index is 2.76. The van der Waals surface area contributed by atoms with Crippen molar-refractivity contribution in [2.24, 2.45) is 0 Å². The van der Waals surface area contributed by atoms with Gasteiger partial charge in [-0.2, -0.15) is 0 Å². The fourth-order valence-corrected chi connectivity index (χ4v) is 0.581. The molecule has 0 saturated carbocycles. The van der Waals surface area contributed by atoms with E-state index in [9.17, 15) is 0 Å². The van der Waals surface area contributed by atoms with Crippen LogP contribution in [0.2, 0.25) is 0 Å². The van der Waals surface area contributed by atoms with Gasteiger partial charge in [0.2, 0.25) is 0 Å². The Morgan fingerprint density at radius 3 is 2.86 bits per heavy atom. The molecule has 0 fully saturated rings. The molecule has 36 valence electrons. The average Bonchev–Trinajstić information content (AvgIpc) is 2.14. The van der Waals surface area contributed by atoms with Crippen LogP contribution in [0.1, 0.15) is 6.92 Å². The molecule has 1 nitrogen and oxygen atoms in total. The molecule has 0 aromatic carbocycles. The minimum absolute atomic E-state index is 1.08. The Bertz CT molecular complexity index is 123. The second-order valence-electron chi connectivity index (χ2n) is 1.51. The van der Waals surface area contributed by atoms with Crippen LogP contribution in [0.15, 0.2) is 18.2 Å². The number of aryl methyl sites for hydroxylation is 1. The van der Waals surface area contributed by atoms with Gasteiger partial charge in [-0.05, 0) is 0 Å². The van der Waals surface area contributed by atoms with Crippen molar-refractivity contribution in [3.63, 3.8) is 0 Å². The van der Waals surface area contributed by atoms with Crippen molar-refractivity contribution < 1.29 is 0 Å². The average molecular weight is 92.9 g/mol. The third kappa shape index (κ3) is 0.920. The molecule has 0 spiro atoms. The van der Waals surface area contributed by atoms with Crippen molar-refractivity contribution in [3.05, 3.63) is 18.2 Å². The zero-order chi connectivity index (χ0) is 5.11. The normalized spacial score (nSPS) is 8.71. The van der Waals surface area contributed by atoms with Gasteiger partial charge < -0.3 is 0 Å². The van der Waals surface area contributed by atoms with Crippen molar-refractivity contribution >= 4 is 7.05 Å². The van der Waals surface area contributed by atoms with Gasteiger partial charge in [-0.1, -0.05) is 0 Å². The molecule has 0 saturated heterocycles. The van der Waals surface area contributed by atoms with Crippen molar-refractivity contribution in [2.75, 3.05) is 0 Å². The maximum atomic E-state index is 2.12. The topological polar surface area (TPSA) is 4.93 Å². The zero-order valence-electron chi connectivity index (χ0n) is 4.46. The van der Waals surface area contributed by atoms with Gasteiger partial charge in [-0.3, -0.25) is 0 Å². The third-order valence-corrected chi connectivity index (χ3v) is 1.03. The SMILES string of the molecule is CCn1bccc1. The number of aromatic nitrogens is 1. The molecule has 2 heteroatoms. The summed E-state index contributed by atoms with van der Waals surface area (Å²) in [6.45, 7) is 3.20. The summed E-state index contributed by atoms with van der Waals surface area (Å²) >= 11 is 0. The molecule has 0 amide bonds. The van der Waals surface area contributed by atoms with E-state index in [0.29, 0.717) is 0 Å². The first-order valence-electron chi connectivity index (χ1n) is 2.54. The van der Waals surface area contributed by atoms with E-state index in [1.54, 1.807) is 0 Å². The molecule has 0 N–H and O–H groups in total. The molecule has 0 aliphatic heterocycles. The first-order valence-corrected chi connectivity index (χ1v) is 2.54. The Morgan fingerprint density at radius 2 is 2.57 bits per heavy atom. The van der Waals surface area contributed by atoms with Gasteiger partial charge >= 0.3 is 43.2 Å². The number of hydrogen-bond donors (Lipinski definition) is 0. The van der Waals surface area contributed by atoms with Crippen molar-refractivity contribution in [1.29, 1.82) is 0 Å². The van der Waals surface area contributed by atoms with Crippen LogP contribution in [0.4, 0.5) is 0 Å². The van der Waals surface area contributed by atoms with Gasteiger partial charge in [0.1, 0.15) is 0 Å². The fourth-order valence-electron chi connectivity index (χ4n) is 0.581. The monoisotopic (exact) mass is 93.1 g/mol. The van der Waals surface area contributed by atoms with Gasteiger partial charge in [0.25, 0.3) is 0 Å². The molecule has 1 heterocycles. The molecule has 1 rings (SSSR count). The molecule has 0 aliphatic carbocycles. The summed E-state index contributed by atoms with van der Waals surface area (Å²) in [6.07, 6.45) is 2.06. The fraction of sp³-hybridized carbons (Fsp3) is 0.400. The van der Waals surface area contributed by atoms with Gasteiger partial charge in [-0.25, -0.2) is 0 Å². The van der Waals surface area contributed by atoms with Crippen LogP contribution in [0.3, 0.4) is 0 Å². The zero-order valence-corrected chi connectivity index (χ0v) is 4.46. The van der Waals surface area contributed by atoms with Gasteiger partial charge in [0, 0.05) is 0 Å². The standard InChI is InChI=1S/C5H8BN/c1-2-7-5-3-4-6-7/h3-5H,2H2,1H3. The van der Waals surface area contributed by atoms with E-state index in [1.807, 2.05) is 12.0 Å². The van der Waals surface area contributed by atoms with E-state index in [4.69, 9.17) is 0 Å². The number of hydrogen-bond acceptors (Lipinski definition) is 0. The summed E-state index contributed by atoms with van der Waals surface area (Å²) in [4.78, 5) is 0. The second-order valence-corrected chi connectivity index (χ2v) is 1.51. The summed E-state index contributed by atoms with van der Waals surface area (Å²) in [7, 11) is 2.06. The molecule has 0 aliphatic rings. The quantitative estimate of drug-likeness (QED) is 0.484. The molecular weight excluding hydrogens is 84.9 g/mol. The Kier molecular flexibility index (Phi) is 1.30. The van der Waals surface area contributed by atoms with E-state index >= 15 is 0 Å². The summed E-state index contributed by atoms with van der Waals surface area (Å²) in [6, 6.07) is 2.03. The summed E-state index contributed by atoms with van der Waals surface area (Å²) in [5.74, 6) is 2.03. The van der Waals surface area contributed by atoms with Crippen molar-refractivity contribution in [3.8, 4) is 0 Å². The predicted octanol–water partition coefficient (Wildman–Crippen LogP) is 0.846. The van der Waals surface area contributed by atoms with E-state index in [1.165, 1.54) is 0 Å². The van der Waals surface area contributed by atoms with E-state index in [0.717, 1.165) is 6.54 Å². The molecule has 0 atom stereocenters. The van der Waals surface area contributed by atoms with Crippen LogP contribution in [0, 0.1) is 0 Å². The number of rotatable bonds is 1. The Morgan fingerprint density at radius 1 is 1.71 bits per heavy atom. The maximum absolute atomic E-state index is 2.12. The van der Waals surface area contributed by atoms with Crippen LogP contribution in [-0.4, -0.2) is 11.5 Å². The summed E-state index contributed by atoms with van der Waals surface area (Å²) in [5.41, 5.74) is 0. The van der Waals surface area contributed by atoms with Crippen LogP contribution >= 0.6 is 0 Å². The van der Waals surface area contributed by atoms with Gasteiger partial charge in [-0.15, -0.1) is 0 Å². The van der Waals surface area contributed by atoms with Crippen molar-refractivity contribution in [1.82, 2.24) is 4.47 Å². The number of nitrogens with zero attached hydrogens (tertiary/aromatic N) is 1. The second kappa shape index (κ2) is 1.96. The van der Waals surface area contributed by atoms with Gasteiger partial charge in [0.15, 0.2) is 0 Å². The third-order valence-electron chi connectivity index (χ3n) is 1.03. The van der Waals surface area contributed by atoms with Crippen LogP contribution in [0.5, 0.6) is 0 Å². The molecule has 1 aromatic rings. The minimum atomic E-state index is 1.08. The van der Waals surface area contributed by atoms with Crippen LogP contribution in [0.25, 0.3) is 0 Å². The van der Waals surface area contributed by atoms with Crippen molar-refractivity contribution in [2.45, 2.75) is 13.5 Å². The first-order chi connectivity index (χ1) is 3.43. The Hall–Kier alpha value is -0.525. The van der Waals surface area contributed by atoms with Crippen LogP contribution in [-0.2, 0) is 6.54 Å². The molecule has 7 heavy (non-hydrogen) atoms. The molecule has 0 radical (unpaired) electrons. The van der Waals surface area contributed by atoms with E-state index in [-0.39, 0.29) is 0 Å². The first kappa shape index (κ1) is 4.63.